The maximum absolute atomic E-state index is 13.9. The number of benzene rings is 2. The highest BCUT2D eigenvalue weighted by Gasteiger charge is 2.24. The Hall–Kier alpha value is -3.13. The average molecular weight is 425 g/mol. The predicted octanol–water partition coefficient (Wildman–Crippen LogP) is 3.81. The molecule has 0 aliphatic carbocycles. The molecule has 1 aliphatic rings. The van der Waals surface area contributed by atoms with Crippen molar-refractivity contribution >= 4 is 23.5 Å². The van der Waals surface area contributed by atoms with Gasteiger partial charge in [0.05, 0.1) is 17.8 Å². The summed E-state index contributed by atoms with van der Waals surface area (Å²) in [5.41, 5.74) is 2.04. The van der Waals surface area contributed by atoms with Gasteiger partial charge in [-0.15, -0.1) is 11.8 Å². The van der Waals surface area contributed by atoms with Crippen LogP contribution in [0.5, 0.6) is 0 Å². The first kappa shape index (κ1) is 20.2. The van der Waals surface area contributed by atoms with Gasteiger partial charge < -0.3 is 15.2 Å². The number of aromatic nitrogens is 2. The van der Waals surface area contributed by atoms with Gasteiger partial charge in [0.25, 0.3) is 5.56 Å². The molecule has 2 heterocycles. The van der Waals surface area contributed by atoms with E-state index in [2.05, 4.69) is 15.3 Å². The van der Waals surface area contributed by atoms with Gasteiger partial charge in [0.15, 0.2) is 0 Å². The number of hydrogen-bond donors (Lipinski definition) is 2. The highest BCUT2D eigenvalue weighted by Crippen LogP contribution is 2.20. The van der Waals surface area contributed by atoms with Gasteiger partial charge in [-0.05, 0) is 42.2 Å². The van der Waals surface area contributed by atoms with Crippen molar-refractivity contribution in [2.45, 2.75) is 24.3 Å². The van der Waals surface area contributed by atoms with E-state index in [1.807, 2.05) is 30.5 Å². The minimum absolute atomic E-state index is 0.187. The number of urea groups is 1. The number of amides is 2. The van der Waals surface area contributed by atoms with E-state index < -0.39 is 0 Å². The maximum Gasteiger partial charge on any atom is 0.322 e. The third kappa shape index (κ3) is 4.38. The van der Waals surface area contributed by atoms with Crippen molar-refractivity contribution in [2.75, 3.05) is 18.1 Å². The molecular weight excluding hydrogens is 403 g/mol. The van der Waals surface area contributed by atoms with Crippen LogP contribution >= 0.6 is 11.8 Å². The average Bonchev–Trinajstić information content (AvgIpc) is 2.76. The minimum Gasteiger partial charge on any atom is -0.320 e. The summed E-state index contributed by atoms with van der Waals surface area (Å²) in [7, 11) is 0. The lowest BCUT2D eigenvalue weighted by Crippen LogP contribution is -2.42. The molecule has 0 saturated carbocycles. The maximum atomic E-state index is 13.9. The molecule has 0 bridgehead atoms. The molecule has 8 heteroatoms. The van der Waals surface area contributed by atoms with Gasteiger partial charge in [-0.1, -0.05) is 18.2 Å². The first-order valence-corrected chi connectivity index (χ1v) is 10.8. The van der Waals surface area contributed by atoms with E-state index >= 15 is 0 Å². The van der Waals surface area contributed by atoms with Crippen LogP contribution in [0.3, 0.4) is 0 Å². The number of carbonyl (C=O) groups excluding carboxylic acids is 1. The summed E-state index contributed by atoms with van der Waals surface area (Å²) in [4.78, 5) is 35.2. The molecule has 0 saturated heterocycles. The Morgan fingerprint density at radius 1 is 1.23 bits per heavy atom. The number of fused-ring (bicyclic) bond motifs is 1. The summed E-state index contributed by atoms with van der Waals surface area (Å²) >= 11 is 1.63. The quantitative estimate of drug-likeness (QED) is 0.625. The Kier molecular flexibility index (Phi) is 5.85. The molecule has 6 nitrogen and oxygen atoms in total. The standard InChI is InChI=1S/C22H21FN4O2S/c1-30-16-8-6-15(7-9-16)24-22(29)27-11-10-19-17(13-27)21(28)26-20(25-19)12-14-4-2-3-5-18(14)23/h2-9H,10-13H2,1H3,(H,24,29)(H,25,26,28). The van der Waals surface area contributed by atoms with Crippen molar-refractivity contribution in [2.24, 2.45) is 0 Å². The first-order chi connectivity index (χ1) is 14.5. The highest BCUT2D eigenvalue weighted by atomic mass is 32.2. The fraction of sp³-hybridized carbons (Fsp3) is 0.227. The van der Waals surface area contributed by atoms with Gasteiger partial charge >= 0.3 is 6.03 Å². The van der Waals surface area contributed by atoms with Crippen molar-refractivity contribution in [1.29, 1.82) is 0 Å². The molecule has 0 radical (unpaired) electrons. The van der Waals surface area contributed by atoms with Crippen LogP contribution in [0.15, 0.2) is 58.2 Å². The van der Waals surface area contributed by atoms with Crippen LogP contribution in [0.25, 0.3) is 0 Å². The molecule has 2 N–H and O–H groups in total. The van der Waals surface area contributed by atoms with Crippen LogP contribution in [0.1, 0.15) is 22.6 Å². The Morgan fingerprint density at radius 2 is 2.00 bits per heavy atom. The second-order valence-electron chi connectivity index (χ2n) is 7.04. The van der Waals surface area contributed by atoms with Crippen molar-refractivity contribution in [3.8, 4) is 0 Å². The molecule has 4 rings (SSSR count). The van der Waals surface area contributed by atoms with Crippen molar-refractivity contribution in [3.05, 3.63) is 87.3 Å². The Morgan fingerprint density at radius 3 is 2.73 bits per heavy atom. The Balaban J connectivity index is 1.47. The van der Waals surface area contributed by atoms with Crippen LogP contribution in [0.4, 0.5) is 14.9 Å². The van der Waals surface area contributed by atoms with Crippen molar-refractivity contribution < 1.29 is 9.18 Å². The van der Waals surface area contributed by atoms with E-state index in [4.69, 9.17) is 0 Å². The monoisotopic (exact) mass is 424 g/mol. The van der Waals surface area contributed by atoms with Gasteiger partial charge in [-0.3, -0.25) is 4.79 Å². The SMILES string of the molecule is CSc1ccc(NC(=O)N2CCc3nc(Cc4ccccc4F)[nH]c(=O)c3C2)cc1. The van der Waals surface area contributed by atoms with E-state index in [1.54, 1.807) is 34.9 Å². The molecule has 0 fully saturated rings. The largest absolute Gasteiger partial charge is 0.322 e. The first-order valence-electron chi connectivity index (χ1n) is 9.58. The number of halogens is 1. The third-order valence-corrected chi connectivity index (χ3v) is 5.81. The molecule has 1 aromatic heterocycles. The van der Waals surface area contributed by atoms with E-state index in [-0.39, 0.29) is 30.4 Å². The summed E-state index contributed by atoms with van der Waals surface area (Å²) in [5, 5.41) is 2.87. The molecule has 0 unspecified atom stereocenters. The summed E-state index contributed by atoms with van der Waals surface area (Å²) < 4.78 is 13.9. The zero-order valence-corrected chi connectivity index (χ0v) is 17.3. The van der Waals surface area contributed by atoms with Crippen LogP contribution < -0.4 is 10.9 Å². The number of rotatable bonds is 4. The number of nitrogens with zero attached hydrogens (tertiary/aromatic N) is 2. The Labute approximate surface area is 177 Å². The van der Waals surface area contributed by atoms with E-state index in [1.165, 1.54) is 6.07 Å². The molecule has 3 aromatic rings. The zero-order chi connectivity index (χ0) is 21.1. The smallest absolute Gasteiger partial charge is 0.320 e. The summed E-state index contributed by atoms with van der Waals surface area (Å²) in [6.45, 7) is 0.643. The molecule has 154 valence electrons. The fourth-order valence-electron chi connectivity index (χ4n) is 3.43. The van der Waals surface area contributed by atoms with E-state index in [9.17, 15) is 14.0 Å². The van der Waals surface area contributed by atoms with Crippen LogP contribution in [0, 0.1) is 5.82 Å². The lowest BCUT2D eigenvalue weighted by atomic mass is 10.1. The van der Waals surface area contributed by atoms with Crippen LogP contribution in [0.2, 0.25) is 0 Å². The van der Waals surface area contributed by atoms with Gasteiger partial charge in [0.2, 0.25) is 0 Å². The molecular formula is C22H21FN4O2S. The highest BCUT2D eigenvalue weighted by molar-refractivity contribution is 7.98. The minimum atomic E-state index is -0.328. The summed E-state index contributed by atoms with van der Waals surface area (Å²) in [6.07, 6.45) is 2.68. The Bertz CT molecular complexity index is 1130. The number of hydrogen-bond acceptors (Lipinski definition) is 4. The fourth-order valence-corrected chi connectivity index (χ4v) is 3.84. The number of thioether (sulfide) groups is 1. The van der Waals surface area contributed by atoms with Gasteiger partial charge in [0, 0.05) is 30.0 Å². The van der Waals surface area contributed by atoms with Gasteiger partial charge in [0.1, 0.15) is 11.6 Å². The summed E-state index contributed by atoms with van der Waals surface area (Å²) in [5.74, 6) is 0.0990. The summed E-state index contributed by atoms with van der Waals surface area (Å²) in [6, 6.07) is 13.8. The second-order valence-corrected chi connectivity index (χ2v) is 7.92. The molecule has 30 heavy (non-hydrogen) atoms. The molecule has 0 atom stereocenters. The molecule has 2 aromatic carbocycles. The van der Waals surface area contributed by atoms with Gasteiger partial charge in [-0.25, -0.2) is 14.2 Å². The number of aromatic amines is 1. The van der Waals surface area contributed by atoms with Gasteiger partial charge in [-0.2, -0.15) is 0 Å². The number of anilines is 1. The number of carbonyl (C=O) groups is 1. The molecule has 1 aliphatic heterocycles. The van der Waals surface area contributed by atoms with Crippen LogP contribution in [-0.2, 0) is 19.4 Å². The van der Waals surface area contributed by atoms with Crippen molar-refractivity contribution in [3.63, 3.8) is 0 Å². The molecule has 0 spiro atoms. The van der Waals surface area contributed by atoms with E-state index in [0.717, 1.165) is 4.90 Å². The topological polar surface area (TPSA) is 78.1 Å². The van der Waals surface area contributed by atoms with E-state index in [0.29, 0.717) is 41.3 Å². The van der Waals surface area contributed by atoms with Crippen molar-refractivity contribution in [1.82, 2.24) is 14.9 Å². The third-order valence-electron chi connectivity index (χ3n) is 5.06. The molecule has 2 amide bonds. The number of H-pyrrole nitrogens is 1. The second kappa shape index (κ2) is 8.71. The lowest BCUT2D eigenvalue weighted by Gasteiger charge is -2.28. The normalized spacial score (nSPS) is 13.1. The predicted molar refractivity (Wildman–Crippen MR) is 115 cm³/mol. The van der Waals surface area contributed by atoms with Crippen LogP contribution in [-0.4, -0.2) is 33.7 Å². The number of nitrogens with one attached hydrogen (secondary N) is 2. The lowest BCUT2D eigenvalue weighted by molar-refractivity contribution is 0.205. The zero-order valence-electron chi connectivity index (χ0n) is 16.4.